The summed E-state index contributed by atoms with van der Waals surface area (Å²) in [4.78, 5) is 2.60. The number of nitrogens with one attached hydrogen (secondary N) is 1. The van der Waals surface area contributed by atoms with Crippen molar-refractivity contribution in [2.24, 2.45) is 0 Å². The Morgan fingerprint density at radius 3 is 3.06 bits per heavy atom. The molecule has 0 amide bonds. The van der Waals surface area contributed by atoms with E-state index in [-0.39, 0.29) is 0 Å². The molecule has 1 atom stereocenters. The van der Waals surface area contributed by atoms with Gasteiger partial charge in [0, 0.05) is 25.7 Å². The summed E-state index contributed by atoms with van der Waals surface area (Å²) >= 11 is 0. The molecule has 1 unspecified atom stereocenters. The van der Waals surface area contributed by atoms with Gasteiger partial charge >= 0.3 is 0 Å². The van der Waals surface area contributed by atoms with Crippen LogP contribution in [0.25, 0.3) is 0 Å². The summed E-state index contributed by atoms with van der Waals surface area (Å²) in [7, 11) is 0. The zero-order valence-electron chi connectivity index (χ0n) is 10.9. The lowest BCUT2D eigenvalue weighted by Crippen LogP contribution is -2.44. The number of aromatic nitrogens is 2. The van der Waals surface area contributed by atoms with Gasteiger partial charge in [-0.3, -0.25) is 0 Å². The Labute approximate surface area is 103 Å². The van der Waals surface area contributed by atoms with Crippen molar-refractivity contribution in [1.82, 2.24) is 9.78 Å². The number of hydrogen-bond acceptors (Lipinski definition) is 3. The maximum atomic E-state index is 4.64. The second-order valence-electron chi connectivity index (χ2n) is 5.18. The largest absolute Gasteiger partial charge is 0.378 e. The summed E-state index contributed by atoms with van der Waals surface area (Å²) in [5.74, 6) is 1.34. The minimum atomic E-state index is 0.673. The average molecular weight is 234 g/mol. The number of hydrogen-bond donors (Lipinski definition) is 1. The highest BCUT2D eigenvalue weighted by atomic mass is 15.4. The van der Waals surface area contributed by atoms with Gasteiger partial charge in [0.25, 0.3) is 0 Å². The van der Waals surface area contributed by atoms with Crippen LogP contribution >= 0.6 is 0 Å². The minimum absolute atomic E-state index is 0.673. The summed E-state index contributed by atoms with van der Waals surface area (Å²) in [5, 5.41) is 8.23. The van der Waals surface area contributed by atoms with Gasteiger partial charge in [0.15, 0.2) is 5.82 Å². The fourth-order valence-corrected chi connectivity index (χ4v) is 3.18. The van der Waals surface area contributed by atoms with Crippen molar-refractivity contribution in [3.63, 3.8) is 0 Å². The highest BCUT2D eigenvalue weighted by Crippen LogP contribution is 2.36. The topological polar surface area (TPSA) is 33.1 Å². The average Bonchev–Trinajstić information content (AvgIpc) is 2.53. The summed E-state index contributed by atoms with van der Waals surface area (Å²) in [6, 6.07) is 0.673. The quantitative estimate of drug-likeness (QED) is 0.810. The Morgan fingerprint density at radius 2 is 2.24 bits per heavy atom. The van der Waals surface area contributed by atoms with Crippen molar-refractivity contribution in [3.8, 4) is 0 Å². The van der Waals surface area contributed by atoms with Crippen molar-refractivity contribution in [1.29, 1.82) is 0 Å². The maximum Gasteiger partial charge on any atom is 0.151 e. The number of nitrogens with zero attached hydrogens (tertiary/aromatic N) is 3. The Balaban J connectivity index is 2.03. The number of rotatable bonds is 1. The Bertz CT molecular complexity index is 410. The fourth-order valence-electron chi connectivity index (χ4n) is 3.18. The van der Waals surface area contributed by atoms with Crippen LogP contribution in [-0.2, 0) is 6.54 Å². The summed E-state index contributed by atoms with van der Waals surface area (Å²) in [5.41, 5.74) is 2.41. The monoisotopic (exact) mass is 234 g/mol. The predicted octanol–water partition coefficient (Wildman–Crippen LogP) is 2.39. The second kappa shape index (κ2) is 4.24. The molecular formula is C13H22N4. The molecule has 2 aliphatic rings. The van der Waals surface area contributed by atoms with E-state index in [1.807, 2.05) is 0 Å². The zero-order chi connectivity index (χ0) is 11.8. The zero-order valence-corrected chi connectivity index (χ0v) is 10.9. The molecular weight excluding hydrogens is 212 g/mol. The minimum Gasteiger partial charge on any atom is -0.378 e. The summed E-state index contributed by atoms with van der Waals surface area (Å²) in [6.45, 7) is 7.53. The van der Waals surface area contributed by atoms with Crippen molar-refractivity contribution in [3.05, 3.63) is 5.69 Å². The van der Waals surface area contributed by atoms with Gasteiger partial charge < -0.3 is 10.2 Å². The van der Waals surface area contributed by atoms with Crippen molar-refractivity contribution < 1.29 is 0 Å². The van der Waals surface area contributed by atoms with E-state index in [4.69, 9.17) is 0 Å². The van der Waals surface area contributed by atoms with Crippen molar-refractivity contribution in [2.45, 2.75) is 52.1 Å². The van der Waals surface area contributed by atoms with E-state index in [0.717, 1.165) is 18.8 Å². The molecule has 1 fully saturated rings. The van der Waals surface area contributed by atoms with Crippen LogP contribution in [0.15, 0.2) is 0 Å². The third-order valence-electron chi connectivity index (χ3n) is 4.06. The predicted molar refractivity (Wildman–Crippen MR) is 70.7 cm³/mol. The lowest BCUT2D eigenvalue weighted by molar-refractivity contribution is 0.551. The first-order valence-corrected chi connectivity index (χ1v) is 6.89. The van der Waals surface area contributed by atoms with E-state index in [9.17, 15) is 0 Å². The molecule has 1 aromatic heterocycles. The molecule has 0 spiro atoms. The van der Waals surface area contributed by atoms with Crippen LogP contribution in [-0.4, -0.2) is 28.9 Å². The van der Waals surface area contributed by atoms with Gasteiger partial charge in [0.05, 0.1) is 5.69 Å². The van der Waals surface area contributed by atoms with E-state index >= 15 is 0 Å². The molecule has 0 aromatic carbocycles. The van der Waals surface area contributed by atoms with Crippen LogP contribution in [0.1, 0.15) is 38.3 Å². The molecule has 1 N–H and O–H groups in total. The molecule has 3 rings (SSSR count). The highest BCUT2D eigenvalue weighted by molar-refractivity contribution is 5.72. The van der Waals surface area contributed by atoms with E-state index in [1.165, 1.54) is 43.7 Å². The molecule has 4 nitrogen and oxygen atoms in total. The molecule has 4 heteroatoms. The van der Waals surface area contributed by atoms with E-state index in [0.29, 0.717) is 6.04 Å². The first-order valence-electron chi connectivity index (χ1n) is 6.89. The van der Waals surface area contributed by atoms with E-state index in [1.54, 1.807) is 0 Å². The normalized spacial score (nSPS) is 23.6. The Morgan fingerprint density at radius 1 is 1.35 bits per heavy atom. The molecule has 0 bridgehead atoms. The smallest absolute Gasteiger partial charge is 0.151 e. The van der Waals surface area contributed by atoms with Gasteiger partial charge in [-0.1, -0.05) is 12.8 Å². The number of anilines is 2. The summed E-state index contributed by atoms with van der Waals surface area (Å²) < 4.78 is 2.16. The first-order chi connectivity index (χ1) is 8.31. The van der Waals surface area contributed by atoms with Gasteiger partial charge in [0.1, 0.15) is 5.69 Å². The molecule has 0 saturated carbocycles. The Hall–Kier alpha value is -1.19. The first kappa shape index (κ1) is 10.9. The van der Waals surface area contributed by atoms with Gasteiger partial charge in [0.2, 0.25) is 0 Å². The van der Waals surface area contributed by atoms with Gasteiger partial charge in [-0.2, -0.15) is 5.10 Å². The van der Waals surface area contributed by atoms with Crippen molar-refractivity contribution >= 4 is 11.5 Å². The summed E-state index contributed by atoms with van der Waals surface area (Å²) in [6.07, 6.45) is 5.39. The molecule has 94 valence electrons. The number of fused-ring (bicyclic) bond motifs is 3. The van der Waals surface area contributed by atoms with Crippen LogP contribution in [0.2, 0.25) is 0 Å². The standard InChI is InChI=1S/C13H22N4/c1-3-17-13-12(10(2)15-17)14-9-11-7-5-4-6-8-16(11)13/h11,14H,3-9H2,1-2H3. The molecule has 0 radical (unpaired) electrons. The maximum absolute atomic E-state index is 4.64. The van der Waals surface area contributed by atoms with Crippen LogP contribution in [0.4, 0.5) is 11.5 Å². The lowest BCUT2D eigenvalue weighted by atomic mass is 10.1. The van der Waals surface area contributed by atoms with Crippen molar-refractivity contribution in [2.75, 3.05) is 23.3 Å². The third-order valence-corrected chi connectivity index (χ3v) is 4.06. The van der Waals surface area contributed by atoms with Crippen LogP contribution in [0, 0.1) is 6.92 Å². The van der Waals surface area contributed by atoms with Crippen LogP contribution in [0.5, 0.6) is 0 Å². The van der Waals surface area contributed by atoms with Gasteiger partial charge in [-0.05, 0) is 26.7 Å². The Kier molecular flexibility index (Phi) is 2.73. The van der Waals surface area contributed by atoms with E-state index < -0.39 is 0 Å². The molecule has 2 aliphatic heterocycles. The van der Waals surface area contributed by atoms with Gasteiger partial charge in [-0.25, -0.2) is 4.68 Å². The molecule has 1 saturated heterocycles. The third kappa shape index (κ3) is 1.70. The SMILES string of the molecule is CCn1nc(C)c2c1N1CCCCCC1CN2. The fraction of sp³-hybridized carbons (Fsp3) is 0.769. The van der Waals surface area contributed by atoms with Gasteiger partial charge in [-0.15, -0.1) is 0 Å². The van der Waals surface area contributed by atoms with Crippen LogP contribution in [0.3, 0.4) is 0 Å². The molecule has 3 heterocycles. The molecule has 0 aliphatic carbocycles. The van der Waals surface area contributed by atoms with Crippen LogP contribution < -0.4 is 10.2 Å². The molecule has 1 aromatic rings. The number of aryl methyl sites for hydroxylation is 2. The van der Waals surface area contributed by atoms with E-state index in [2.05, 4.69) is 33.8 Å². The molecule has 17 heavy (non-hydrogen) atoms. The lowest BCUT2D eigenvalue weighted by Gasteiger charge is -2.37. The second-order valence-corrected chi connectivity index (χ2v) is 5.18. The highest BCUT2D eigenvalue weighted by Gasteiger charge is 2.31.